The molecule has 1 aromatic carbocycles. The summed E-state index contributed by atoms with van der Waals surface area (Å²) in [5.41, 5.74) is 1.76. The molecule has 2 N–H and O–H groups in total. The van der Waals surface area contributed by atoms with E-state index < -0.39 is 17.8 Å². The van der Waals surface area contributed by atoms with Gasteiger partial charge in [0.25, 0.3) is 5.56 Å². The third-order valence-electron chi connectivity index (χ3n) is 6.42. The van der Waals surface area contributed by atoms with Crippen molar-refractivity contribution in [2.45, 2.75) is 31.2 Å². The van der Waals surface area contributed by atoms with Gasteiger partial charge < -0.3 is 19.7 Å². The Morgan fingerprint density at radius 3 is 2.65 bits per heavy atom. The predicted octanol–water partition coefficient (Wildman–Crippen LogP) is 2.68. The molecule has 0 spiro atoms. The van der Waals surface area contributed by atoms with E-state index in [1.807, 2.05) is 19.1 Å². The lowest BCUT2D eigenvalue weighted by molar-refractivity contribution is 0.0407. The number of hydrogen-bond donors (Lipinski definition) is 2. The van der Waals surface area contributed by atoms with Gasteiger partial charge in [0, 0.05) is 43.4 Å². The number of aryl methyl sites for hydroxylation is 1. The number of nitrogens with one attached hydrogen (secondary N) is 1. The highest BCUT2D eigenvalue weighted by molar-refractivity contribution is 5.74. The van der Waals surface area contributed by atoms with E-state index in [0.717, 1.165) is 24.1 Å². The Kier molecular flexibility index (Phi) is 4.55. The summed E-state index contributed by atoms with van der Waals surface area (Å²) >= 11 is 0. The van der Waals surface area contributed by atoms with E-state index in [9.17, 15) is 14.3 Å². The Bertz CT molecular complexity index is 1200. The first-order valence-electron chi connectivity index (χ1n) is 10.2. The number of rotatable bonds is 4. The lowest BCUT2D eigenvalue weighted by Gasteiger charge is -2.32. The van der Waals surface area contributed by atoms with E-state index in [4.69, 9.17) is 4.74 Å². The number of fused-ring (bicyclic) bond motifs is 2. The Hall–Kier alpha value is -3.26. The van der Waals surface area contributed by atoms with Gasteiger partial charge in [0.2, 0.25) is 5.88 Å². The third kappa shape index (κ3) is 3.37. The lowest BCUT2D eigenvalue weighted by Crippen LogP contribution is -2.53. The third-order valence-corrected chi connectivity index (χ3v) is 6.42. The number of piperidine rings is 1. The molecule has 1 saturated heterocycles. The first-order valence-corrected chi connectivity index (χ1v) is 10.2. The first kappa shape index (κ1) is 19.7. The summed E-state index contributed by atoms with van der Waals surface area (Å²) in [4.78, 5) is 11.9. The first-order chi connectivity index (χ1) is 14.8. The predicted molar refractivity (Wildman–Crippen MR) is 114 cm³/mol. The second-order valence-electron chi connectivity index (χ2n) is 8.60. The summed E-state index contributed by atoms with van der Waals surface area (Å²) in [6.07, 6.45) is 0.802. The molecule has 8 heteroatoms. The average Bonchev–Trinajstić information content (AvgIpc) is 3.26. The quantitative estimate of drug-likeness (QED) is 0.672. The molecule has 5 rings (SSSR count). The van der Waals surface area contributed by atoms with Crippen molar-refractivity contribution in [2.75, 3.05) is 6.54 Å². The molecule has 31 heavy (non-hydrogen) atoms. The number of aromatic nitrogens is 3. The summed E-state index contributed by atoms with van der Waals surface area (Å²) in [5.74, 6) is 0.411. The lowest BCUT2D eigenvalue weighted by atomic mass is 9.99. The fourth-order valence-electron chi connectivity index (χ4n) is 4.57. The standard InChI is InChI=1S/C23H23FN4O3/c1-23-11-15(12-25-23)21(22(23)24)31-19-6-5-17(26-27-19)16-4-3-13(9-18(16)29)14-7-8-28(2)20(30)10-14/h3-10,15,21-22,25,29H,11-12H2,1-2H3/t15?,21-,22+,23-/m1/s1. The molecule has 2 bridgehead atoms. The molecular formula is C23H23FN4O3. The smallest absolute Gasteiger partial charge is 0.250 e. The van der Waals surface area contributed by atoms with Gasteiger partial charge in [-0.2, -0.15) is 0 Å². The average molecular weight is 422 g/mol. The van der Waals surface area contributed by atoms with E-state index >= 15 is 0 Å². The van der Waals surface area contributed by atoms with Crippen LogP contribution in [0.1, 0.15) is 13.3 Å². The van der Waals surface area contributed by atoms with Crippen LogP contribution in [-0.4, -0.2) is 44.2 Å². The molecule has 1 aliphatic heterocycles. The Labute approximate surface area is 178 Å². The van der Waals surface area contributed by atoms with Crippen LogP contribution in [0.15, 0.2) is 53.5 Å². The maximum absolute atomic E-state index is 14.7. The fourth-order valence-corrected chi connectivity index (χ4v) is 4.57. The van der Waals surface area contributed by atoms with E-state index in [1.54, 1.807) is 37.5 Å². The maximum Gasteiger partial charge on any atom is 0.250 e. The van der Waals surface area contributed by atoms with Gasteiger partial charge in [-0.1, -0.05) is 6.07 Å². The minimum absolute atomic E-state index is 0.0251. The van der Waals surface area contributed by atoms with E-state index in [1.165, 1.54) is 10.6 Å². The molecule has 2 aliphatic rings. The molecule has 1 unspecified atom stereocenters. The molecule has 1 aliphatic carbocycles. The monoisotopic (exact) mass is 422 g/mol. The van der Waals surface area contributed by atoms with Gasteiger partial charge in [-0.3, -0.25) is 4.79 Å². The van der Waals surface area contributed by atoms with Crippen LogP contribution in [0.3, 0.4) is 0 Å². The van der Waals surface area contributed by atoms with Gasteiger partial charge in [-0.25, -0.2) is 4.39 Å². The number of halogens is 1. The van der Waals surface area contributed by atoms with Crippen LogP contribution < -0.4 is 15.6 Å². The minimum Gasteiger partial charge on any atom is -0.507 e. The number of phenols is 1. The van der Waals surface area contributed by atoms with Crippen LogP contribution in [0.2, 0.25) is 0 Å². The van der Waals surface area contributed by atoms with E-state index in [0.29, 0.717) is 11.3 Å². The zero-order valence-electron chi connectivity index (χ0n) is 17.2. The van der Waals surface area contributed by atoms with Gasteiger partial charge >= 0.3 is 0 Å². The number of aromatic hydroxyl groups is 1. The number of phenolic OH excluding ortho intramolecular Hbond substituents is 1. The van der Waals surface area contributed by atoms with Crippen molar-refractivity contribution in [2.24, 2.45) is 13.0 Å². The number of ether oxygens (including phenoxy) is 1. The van der Waals surface area contributed by atoms with Gasteiger partial charge in [0.1, 0.15) is 11.9 Å². The number of hydrogen-bond acceptors (Lipinski definition) is 6. The Morgan fingerprint density at radius 2 is 2.00 bits per heavy atom. The van der Waals surface area contributed by atoms with Gasteiger partial charge in [-0.15, -0.1) is 10.2 Å². The van der Waals surface area contributed by atoms with Crippen LogP contribution >= 0.6 is 0 Å². The minimum atomic E-state index is -1.10. The second-order valence-corrected chi connectivity index (χ2v) is 8.60. The molecule has 1 saturated carbocycles. The van der Waals surface area contributed by atoms with Crippen molar-refractivity contribution >= 4 is 0 Å². The number of benzene rings is 1. The molecular weight excluding hydrogens is 399 g/mol. The maximum atomic E-state index is 14.7. The molecule has 0 radical (unpaired) electrons. The molecule has 2 fully saturated rings. The van der Waals surface area contributed by atoms with Crippen molar-refractivity contribution in [1.82, 2.24) is 20.1 Å². The molecule has 4 atom stereocenters. The van der Waals surface area contributed by atoms with Crippen LogP contribution in [0.5, 0.6) is 11.6 Å². The summed E-state index contributed by atoms with van der Waals surface area (Å²) in [6, 6.07) is 11.8. The zero-order chi connectivity index (χ0) is 21.8. The summed E-state index contributed by atoms with van der Waals surface area (Å²) in [6.45, 7) is 2.62. The molecule has 0 amide bonds. The highest BCUT2D eigenvalue weighted by atomic mass is 19.1. The highest BCUT2D eigenvalue weighted by Crippen LogP contribution is 2.43. The van der Waals surface area contributed by atoms with Gasteiger partial charge in [-0.05, 0) is 48.7 Å². The number of nitrogens with zero attached hydrogens (tertiary/aromatic N) is 3. The summed E-state index contributed by atoms with van der Waals surface area (Å²) in [7, 11) is 1.68. The Morgan fingerprint density at radius 1 is 1.19 bits per heavy atom. The van der Waals surface area contributed by atoms with Crippen molar-refractivity contribution in [3.8, 4) is 34.0 Å². The van der Waals surface area contributed by atoms with Crippen LogP contribution in [-0.2, 0) is 7.05 Å². The van der Waals surface area contributed by atoms with Crippen molar-refractivity contribution in [3.63, 3.8) is 0 Å². The highest BCUT2D eigenvalue weighted by Gasteiger charge is 2.57. The van der Waals surface area contributed by atoms with Gasteiger partial charge in [0.15, 0.2) is 6.17 Å². The SMILES string of the molecule is Cn1ccc(-c2ccc(-c3ccc(O[C@@H]4C5CN[C@](C)(C5)[C@H]4F)nn3)c(O)c2)cc1=O. The van der Waals surface area contributed by atoms with Crippen LogP contribution in [0.4, 0.5) is 4.39 Å². The van der Waals surface area contributed by atoms with Gasteiger partial charge in [0.05, 0.1) is 11.2 Å². The molecule has 160 valence electrons. The van der Waals surface area contributed by atoms with Crippen molar-refractivity contribution < 1.29 is 14.2 Å². The molecule has 3 heterocycles. The summed E-state index contributed by atoms with van der Waals surface area (Å²) in [5, 5.41) is 22.0. The summed E-state index contributed by atoms with van der Waals surface area (Å²) < 4.78 is 22.0. The second kappa shape index (κ2) is 7.16. The van der Waals surface area contributed by atoms with Crippen LogP contribution in [0, 0.1) is 5.92 Å². The molecule has 2 aromatic heterocycles. The van der Waals surface area contributed by atoms with E-state index in [2.05, 4.69) is 15.5 Å². The fraction of sp³-hybridized carbons (Fsp3) is 0.348. The number of alkyl halides is 1. The number of pyridine rings is 1. The van der Waals surface area contributed by atoms with Crippen molar-refractivity contribution in [1.29, 1.82) is 0 Å². The van der Waals surface area contributed by atoms with Crippen LogP contribution in [0.25, 0.3) is 22.4 Å². The largest absolute Gasteiger partial charge is 0.507 e. The zero-order valence-corrected chi connectivity index (χ0v) is 17.2. The topological polar surface area (TPSA) is 89.3 Å². The molecule has 7 nitrogen and oxygen atoms in total. The van der Waals surface area contributed by atoms with Crippen molar-refractivity contribution in [3.05, 3.63) is 59.0 Å². The van der Waals surface area contributed by atoms with E-state index in [-0.39, 0.29) is 23.1 Å². The Balaban J connectivity index is 1.35. The molecule has 3 aromatic rings. The normalized spacial score (nSPS) is 26.9.